The highest BCUT2D eigenvalue weighted by Crippen LogP contribution is 2.54. The van der Waals surface area contributed by atoms with Gasteiger partial charge in [0.05, 0.1) is 12.0 Å². The predicted molar refractivity (Wildman–Crippen MR) is 52.0 cm³/mol. The van der Waals surface area contributed by atoms with Gasteiger partial charge < -0.3 is 5.32 Å². The fraction of sp³-hybridized carbons (Fsp3) is 0.909. The smallest absolute Gasteiger partial charge is 0.0675 e. The zero-order chi connectivity index (χ0) is 9.31. The van der Waals surface area contributed by atoms with Gasteiger partial charge in [0.25, 0.3) is 0 Å². The molecule has 2 heteroatoms. The van der Waals surface area contributed by atoms with Gasteiger partial charge in [0, 0.05) is 6.54 Å². The van der Waals surface area contributed by atoms with Gasteiger partial charge >= 0.3 is 0 Å². The van der Waals surface area contributed by atoms with E-state index in [1.807, 2.05) is 0 Å². The Kier molecular flexibility index (Phi) is 2.29. The number of nitrogens with one attached hydrogen (secondary N) is 1. The molecule has 2 nitrogen and oxygen atoms in total. The minimum Gasteiger partial charge on any atom is -0.315 e. The van der Waals surface area contributed by atoms with Crippen LogP contribution in [0.4, 0.5) is 0 Å². The molecule has 1 spiro atoms. The molecule has 2 fully saturated rings. The quantitative estimate of drug-likeness (QED) is 0.666. The molecule has 0 amide bonds. The standard InChI is InChI=1S/C11H18N2/c1-2-9-7-13-8-10(6-12)11(9)4-3-5-11/h9-10,13H,2-5,7-8H2,1H3. The molecule has 1 aliphatic heterocycles. The van der Waals surface area contributed by atoms with E-state index in [9.17, 15) is 0 Å². The summed E-state index contributed by atoms with van der Waals surface area (Å²) in [7, 11) is 0. The summed E-state index contributed by atoms with van der Waals surface area (Å²) in [5.41, 5.74) is 0.411. The maximum Gasteiger partial charge on any atom is 0.0675 e. The topological polar surface area (TPSA) is 35.8 Å². The van der Waals surface area contributed by atoms with Crippen molar-refractivity contribution in [1.82, 2.24) is 5.32 Å². The Bertz CT molecular complexity index is 225. The Morgan fingerprint density at radius 1 is 1.46 bits per heavy atom. The summed E-state index contributed by atoms with van der Waals surface area (Å²) in [6.45, 7) is 4.31. The van der Waals surface area contributed by atoms with Crippen molar-refractivity contribution in [3.8, 4) is 6.07 Å². The molecule has 2 rings (SSSR count). The SMILES string of the molecule is CCC1CNCC(C#N)C12CCC2. The lowest BCUT2D eigenvalue weighted by Crippen LogP contribution is -2.54. The molecule has 0 bridgehead atoms. The van der Waals surface area contributed by atoms with Gasteiger partial charge in [-0.15, -0.1) is 0 Å². The van der Waals surface area contributed by atoms with Crippen molar-refractivity contribution in [2.24, 2.45) is 17.3 Å². The van der Waals surface area contributed by atoms with Gasteiger partial charge in [0.15, 0.2) is 0 Å². The van der Waals surface area contributed by atoms with E-state index in [1.54, 1.807) is 0 Å². The first kappa shape index (κ1) is 9.02. The fourth-order valence-corrected chi connectivity index (χ4v) is 3.16. The molecule has 72 valence electrons. The highest BCUT2D eigenvalue weighted by Gasteiger charge is 2.50. The van der Waals surface area contributed by atoms with Crippen LogP contribution in [0, 0.1) is 28.6 Å². The van der Waals surface area contributed by atoms with Crippen LogP contribution in [0.15, 0.2) is 0 Å². The van der Waals surface area contributed by atoms with E-state index < -0.39 is 0 Å². The molecule has 13 heavy (non-hydrogen) atoms. The monoisotopic (exact) mass is 178 g/mol. The molecule has 2 atom stereocenters. The van der Waals surface area contributed by atoms with Gasteiger partial charge in [0.1, 0.15) is 0 Å². The van der Waals surface area contributed by atoms with E-state index in [2.05, 4.69) is 18.3 Å². The van der Waals surface area contributed by atoms with Crippen LogP contribution in [0.3, 0.4) is 0 Å². The predicted octanol–water partition coefficient (Wildman–Crippen LogP) is 1.93. The Balaban J connectivity index is 2.17. The van der Waals surface area contributed by atoms with E-state index in [1.165, 1.54) is 25.7 Å². The Labute approximate surface area is 80.3 Å². The summed E-state index contributed by atoms with van der Waals surface area (Å²) in [6, 6.07) is 2.50. The zero-order valence-electron chi connectivity index (χ0n) is 8.34. The molecule has 1 aliphatic carbocycles. The molecule has 1 N–H and O–H groups in total. The third kappa shape index (κ3) is 1.18. The van der Waals surface area contributed by atoms with Crippen molar-refractivity contribution in [2.75, 3.05) is 13.1 Å². The highest BCUT2D eigenvalue weighted by atomic mass is 14.9. The summed E-state index contributed by atoms with van der Waals surface area (Å²) in [5.74, 6) is 1.03. The molecule has 0 aromatic heterocycles. The van der Waals surface area contributed by atoms with Gasteiger partial charge in [-0.3, -0.25) is 0 Å². The highest BCUT2D eigenvalue weighted by molar-refractivity contribution is 5.08. The van der Waals surface area contributed by atoms with Crippen LogP contribution in [0.25, 0.3) is 0 Å². The maximum atomic E-state index is 9.11. The van der Waals surface area contributed by atoms with Gasteiger partial charge in [-0.2, -0.15) is 5.26 Å². The largest absolute Gasteiger partial charge is 0.315 e. The summed E-state index contributed by atoms with van der Waals surface area (Å²) in [5, 5.41) is 12.5. The molecule has 0 radical (unpaired) electrons. The van der Waals surface area contributed by atoms with Gasteiger partial charge in [-0.05, 0) is 30.7 Å². The molecular formula is C11H18N2. The van der Waals surface area contributed by atoms with E-state index in [4.69, 9.17) is 5.26 Å². The Morgan fingerprint density at radius 3 is 2.69 bits per heavy atom. The van der Waals surface area contributed by atoms with Crippen LogP contribution < -0.4 is 5.32 Å². The van der Waals surface area contributed by atoms with Crippen molar-refractivity contribution in [1.29, 1.82) is 5.26 Å². The first-order valence-corrected chi connectivity index (χ1v) is 5.44. The second kappa shape index (κ2) is 3.31. The zero-order valence-corrected chi connectivity index (χ0v) is 8.34. The lowest BCUT2D eigenvalue weighted by atomic mass is 9.53. The van der Waals surface area contributed by atoms with Gasteiger partial charge in [0.2, 0.25) is 0 Å². The fourth-order valence-electron chi connectivity index (χ4n) is 3.16. The summed E-state index contributed by atoms with van der Waals surface area (Å²) < 4.78 is 0. The number of hydrogen-bond acceptors (Lipinski definition) is 2. The number of nitriles is 1. The normalized spacial score (nSPS) is 36.6. The van der Waals surface area contributed by atoms with Crippen molar-refractivity contribution >= 4 is 0 Å². The third-order valence-corrected chi connectivity index (χ3v) is 4.18. The van der Waals surface area contributed by atoms with Crippen molar-refractivity contribution < 1.29 is 0 Å². The van der Waals surface area contributed by atoms with Crippen LogP contribution >= 0.6 is 0 Å². The van der Waals surface area contributed by atoms with Crippen LogP contribution in [-0.4, -0.2) is 13.1 Å². The number of piperidine rings is 1. The van der Waals surface area contributed by atoms with Crippen LogP contribution in [0.5, 0.6) is 0 Å². The lowest BCUT2D eigenvalue weighted by Gasteiger charge is -2.53. The molecule has 2 unspecified atom stereocenters. The molecular weight excluding hydrogens is 160 g/mol. The minimum absolute atomic E-state index is 0.278. The molecule has 2 aliphatic rings. The molecule has 1 saturated carbocycles. The van der Waals surface area contributed by atoms with Crippen molar-refractivity contribution in [2.45, 2.75) is 32.6 Å². The third-order valence-electron chi connectivity index (χ3n) is 4.18. The summed E-state index contributed by atoms with van der Waals surface area (Å²) in [6.07, 6.45) is 5.16. The van der Waals surface area contributed by atoms with Crippen LogP contribution in [0.2, 0.25) is 0 Å². The van der Waals surface area contributed by atoms with Gasteiger partial charge in [-0.25, -0.2) is 0 Å². The van der Waals surface area contributed by atoms with E-state index in [-0.39, 0.29) is 5.92 Å². The number of nitrogens with zero attached hydrogens (tertiary/aromatic N) is 1. The lowest BCUT2D eigenvalue weighted by molar-refractivity contribution is -0.0189. The second-order valence-electron chi connectivity index (χ2n) is 4.53. The van der Waals surface area contributed by atoms with E-state index >= 15 is 0 Å². The molecule has 1 saturated heterocycles. The molecule has 0 aromatic carbocycles. The maximum absolute atomic E-state index is 9.11. The van der Waals surface area contributed by atoms with E-state index in [0.29, 0.717) is 5.41 Å². The summed E-state index contributed by atoms with van der Waals surface area (Å²) >= 11 is 0. The Morgan fingerprint density at radius 2 is 2.23 bits per heavy atom. The average molecular weight is 178 g/mol. The van der Waals surface area contributed by atoms with E-state index in [0.717, 1.165) is 19.0 Å². The number of hydrogen-bond donors (Lipinski definition) is 1. The molecule has 1 heterocycles. The van der Waals surface area contributed by atoms with Crippen LogP contribution in [-0.2, 0) is 0 Å². The molecule has 0 aromatic rings. The first-order valence-electron chi connectivity index (χ1n) is 5.44. The average Bonchev–Trinajstić information content (AvgIpc) is 2.13. The van der Waals surface area contributed by atoms with Crippen molar-refractivity contribution in [3.63, 3.8) is 0 Å². The van der Waals surface area contributed by atoms with Gasteiger partial charge in [-0.1, -0.05) is 19.8 Å². The number of rotatable bonds is 1. The van der Waals surface area contributed by atoms with Crippen molar-refractivity contribution in [3.05, 3.63) is 0 Å². The van der Waals surface area contributed by atoms with Crippen LogP contribution in [0.1, 0.15) is 32.6 Å². The minimum atomic E-state index is 0.278. The summed E-state index contributed by atoms with van der Waals surface area (Å²) in [4.78, 5) is 0. The Hall–Kier alpha value is -0.550. The first-order chi connectivity index (χ1) is 6.33. The second-order valence-corrected chi connectivity index (χ2v) is 4.53.